The molecule has 0 unspecified atom stereocenters. The summed E-state index contributed by atoms with van der Waals surface area (Å²) in [5.41, 5.74) is 2.61. The van der Waals surface area contributed by atoms with Crippen LogP contribution in [-0.4, -0.2) is 17.1 Å². The van der Waals surface area contributed by atoms with E-state index in [1.165, 1.54) is 13.2 Å². The molecule has 6 nitrogen and oxygen atoms in total. The number of anilines is 3. The van der Waals surface area contributed by atoms with Crippen molar-refractivity contribution in [1.82, 2.24) is 9.97 Å². The molecule has 20 heavy (non-hydrogen) atoms. The summed E-state index contributed by atoms with van der Waals surface area (Å²) in [6, 6.07) is 4.59. The summed E-state index contributed by atoms with van der Waals surface area (Å²) in [5.74, 6) is 5.00. The Labute approximate surface area is 114 Å². The van der Waals surface area contributed by atoms with Crippen molar-refractivity contribution in [3.8, 4) is 0 Å². The molecule has 2 rings (SSSR count). The van der Waals surface area contributed by atoms with Crippen molar-refractivity contribution < 1.29 is 13.5 Å². The number of aromatic nitrogens is 2. The lowest BCUT2D eigenvalue weighted by Gasteiger charge is -2.09. The second-order valence-electron chi connectivity index (χ2n) is 3.92. The van der Waals surface area contributed by atoms with E-state index in [4.69, 9.17) is 10.6 Å². The highest BCUT2D eigenvalue weighted by Gasteiger charge is 2.06. The number of nitrogens with one attached hydrogen (secondary N) is 2. The second kappa shape index (κ2) is 6.22. The average Bonchev–Trinajstić information content (AvgIpc) is 2.37. The highest BCUT2D eigenvalue weighted by molar-refractivity contribution is 5.59. The number of hydrogen-bond acceptors (Lipinski definition) is 6. The van der Waals surface area contributed by atoms with Gasteiger partial charge < -0.3 is 15.5 Å². The third-order valence-electron chi connectivity index (χ3n) is 2.33. The molecule has 0 aliphatic rings. The summed E-state index contributed by atoms with van der Waals surface area (Å²) in [7, 11) is 1.50. The van der Waals surface area contributed by atoms with Crippen LogP contribution in [0.1, 0.15) is 5.82 Å². The molecule has 0 spiro atoms. The lowest BCUT2D eigenvalue weighted by Crippen LogP contribution is -2.11. The Morgan fingerprint density at radius 1 is 1.10 bits per heavy atom. The van der Waals surface area contributed by atoms with Crippen molar-refractivity contribution in [3.63, 3.8) is 0 Å². The van der Waals surface area contributed by atoms with E-state index >= 15 is 0 Å². The van der Waals surface area contributed by atoms with Crippen molar-refractivity contribution in [2.75, 3.05) is 17.9 Å². The fourth-order valence-electron chi connectivity index (χ4n) is 1.60. The van der Waals surface area contributed by atoms with Gasteiger partial charge in [0, 0.05) is 24.9 Å². The van der Waals surface area contributed by atoms with Gasteiger partial charge in [-0.2, -0.15) is 0 Å². The Kier molecular flexibility index (Phi) is 4.38. The molecule has 1 heterocycles. The van der Waals surface area contributed by atoms with Gasteiger partial charge in [-0.1, -0.05) is 0 Å². The van der Waals surface area contributed by atoms with Crippen LogP contribution in [0.3, 0.4) is 0 Å². The molecule has 0 radical (unpaired) electrons. The monoisotopic (exact) mass is 281 g/mol. The number of rotatable bonds is 5. The Morgan fingerprint density at radius 2 is 1.75 bits per heavy atom. The van der Waals surface area contributed by atoms with Crippen LogP contribution in [0.4, 0.5) is 26.1 Å². The smallest absolute Gasteiger partial charge is 0.158 e. The van der Waals surface area contributed by atoms with Gasteiger partial charge in [-0.3, -0.25) is 0 Å². The number of nitrogens with two attached hydrogens (primary N) is 1. The minimum Gasteiger partial charge on any atom is -0.377 e. The first-order valence-corrected chi connectivity index (χ1v) is 5.67. The van der Waals surface area contributed by atoms with Crippen molar-refractivity contribution >= 4 is 17.3 Å². The lowest BCUT2D eigenvalue weighted by molar-refractivity contribution is 0.178. The van der Waals surface area contributed by atoms with Crippen LogP contribution in [0.25, 0.3) is 0 Å². The lowest BCUT2D eigenvalue weighted by atomic mass is 10.3. The minimum absolute atomic E-state index is 0.182. The van der Waals surface area contributed by atoms with E-state index in [1.54, 1.807) is 0 Å². The number of benzene rings is 1. The van der Waals surface area contributed by atoms with Crippen LogP contribution in [0, 0.1) is 11.6 Å². The van der Waals surface area contributed by atoms with Gasteiger partial charge >= 0.3 is 0 Å². The van der Waals surface area contributed by atoms with E-state index in [-0.39, 0.29) is 12.3 Å². The number of ether oxygens (including phenoxy) is 1. The maximum atomic E-state index is 13.1. The van der Waals surface area contributed by atoms with E-state index in [2.05, 4.69) is 20.7 Å². The predicted octanol–water partition coefficient (Wildman–Crippen LogP) is 1.93. The number of methoxy groups -OCH3 is 1. The van der Waals surface area contributed by atoms with Crippen LogP contribution in [0.5, 0.6) is 0 Å². The molecule has 0 atom stereocenters. The molecule has 8 heteroatoms. The molecule has 1 aromatic heterocycles. The Hall–Kier alpha value is -2.32. The standard InChI is InChI=1S/C12H13F2N5O/c1-20-6-12-17-10(5-11(18-12)19-15)16-9-3-7(13)2-8(14)4-9/h2-5H,6,15H2,1H3,(H2,16,17,18,19). The Bertz CT molecular complexity index is 588. The zero-order chi connectivity index (χ0) is 14.5. The predicted molar refractivity (Wildman–Crippen MR) is 70.2 cm³/mol. The van der Waals surface area contributed by atoms with Crippen molar-refractivity contribution in [1.29, 1.82) is 0 Å². The van der Waals surface area contributed by atoms with Crippen LogP contribution >= 0.6 is 0 Å². The summed E-state index contributed by atoms with van der Waals surface area (Å²) >= 11 is 0. The summed E-state index contributed by atoms with van der Waals surface area (Å²) in [5, 5.41) is 2.78. The van der Waals surface area contributed by atoms with E-state index < -0.39 is 11.6 Å². The Balaban J connectivity index is 2.29. The van der Waals surface area contributed by atoms with Crippen LogP contribution < -0.4 is 16.6 Å². The van der Waals surface area contributed by atoms with Gasteiger partial charge in [0.25, 0.3) is 0 Å². The van der Waals surface area contributed by atoms with Gasteiger partial charge in [0.15, 0.2) is 5.82 Å². The minimum atomic E-state index is -0.684. The molecule has 0 amide bonds. The first kappa shape index (κ1) is 14.1. The highest BCUT2D eigenvalue weighted by Crippen LogP contribution is 2.19. The molecule has 0 saturated heterocycles. The number of halogens is 2. The van der Waals surface area contributed by atoms with Gasteiger partial charge in [0.2, 0.25) is 0 Å². The molecule has 0 fully saturated rings. The summed E-state index contributed by atoms with van der Waals surface area (Å²) in [6.45, 7) is 0.182. The maximum absolute atomic E-state index is 13.1. The molecule has 0 aliphatic heterocycles. The molecule has 106 valence electrons. The van der Waals surface area contributed by atoms with Crippen molar-refractivity contribution in [3.05, 3.63) is 41.7 Å². The maximum Gasteiger partial charge on any atom is 0.158 e. The van der Waals surface area contributed by atoms with Crippen molar-refractivity contribution in [2.24, 2.45) is 5.84 Å². The topological polar surface area (TPSA) is 85.1 Å². The van der Waals surface area contributed by atoms with E-state index in [0.717, 1.165) is 18.2 Å². The quantitative estimate of drug-likeness (QED) is 0.573. The third kappa shape index (κ3) is 3.59. The number of hydrogen-bond donors (Lipinski definition) is 3. The largest absolute Gasteiger partial charge is 0.377 e. The van der Waals surface area contributed by atoms with E-state index in [1.807, 2.05) is 0 Å². The fourth-order valence-corrected chi connectivity index (χ4v) is 1.60. The van der Waals surface area contributed by atoms with Crippen molar-refractivity contribution in [2.45, 2.75) is 6.61 Å². The number of hydrazine groups is 1. The molecule has 0 aliphatic carbocycles. The van der Waals surface area contributed by atoms with Gasteiger partial charge in [0.1, 0.15) is 29.9 Å². The first-order valence-electron chi connectivity index (χ1n) is 5.67. The molecule has 4 N–H and O–H groups in total. The van der Waals surface area contributed by atoms with E-state index in [9.17, 15) is 8.78 Å². The normalized spacial score (nSPS) is 10.4. The zero-order valence-corrected chi connectivity index (χ0v) is 10.7. The van der Waals surface area contributed by atoms with Gasteiger partial charge in [-0.15, -0.1) is 0 Å². The van der Waals surface area contributed by atoms with Gasteiger partial charge in [-0.25, -0.2) is 24.6 Å². The number of nitrogen functional groups attached to an aromatic ring is 1. The number of nitrogens with zero attached hydrogens (tertiary/aromatic N) is 2. The first-order chi connectivity index (χ1) is 9.60. The SMILES string of the molecule is COCc1nc(NN)cc(Nc2cc(F)cc(F)c2)n1. The average molecular weight is 281 g/mol. The molecule has 0 saturated carbocycles. The summed E-state index contributed by atoms with van der Waals surface area (Å²) in [4.78, 5) is 8.20. The third-order valence-corrected chi connectivity index (χ3v) is 2.33. The van der Waals surface area contributed by atoms with Crippen LogP contribution in [-0.2, 0) is 11.3 Å². The van der Waals surface area contributed by atoms with Gasteiger partial charge in [-0.05, 0) is 12.1 Å². The highest BCUT2D eigenvalue weighted by atomic mass is 19.1. The molecule has 0 bridgehead atoms. The van der Waals surface area contributed by atoms with E-state index in [0.29, 0.717) is 17.5 Å². The van der Waals surface area contributed by atoms with Gasteiger partial charge in [0.05, 0.1) is 0 Å². The molecular formula is C12H13F2N5O. The van der Waals surface area contributed by atoms with Crippen LogP contribution in [0.15, 0.2) is 24.3 Å². The fraction of sp³-hybridized carbons (Fsp3) is 0.167. The summed E-state index contributed by atoms with van der Waals surface area (Å²) < 4.78 is 31.2. The summed E-state index contributed by atoms with van der Waals surface area (Å²) in [6.07, 6.45) is 0. The zero-order valence-electron chi connectivity index (χ0n) is 10.7. The molecule has 1 aromatic carbocycles. The second-order valence-corrected chi connectivity index (χ2v) is 3.92. The molecule has 2 aromatic rings. The molecular weight excluding hydrogens is 268 g/mol. The Morgan fingerprint density at radius 3 is 2.35 bits per heavy atom. The van der Waals surface area contributed by atoms with Crippen LogP contribution in [0.2, 0.25) is 0 Å².